The van der Waals surface area contributed by atoms with Crippen molar-refractivity contribution in [2.45, 2.75) is 52.6 Å². The number of phenolic OH excluding ortho intramolecular Hbond substituents is 1. The van der Waals surface area contributed by atoms with E-state index in [2.05, 4.69) is 61.8 Å². The van der Waals surface area contributed by atoms with Crippen molar-refractivity contribution in [2.75, 3.05) is 33.0 Å². The summed E-state index contributed by atoms with van der Waals surface area (Å²) in [5.74, 6) is 2.83. The van der Waals surface area contributed by atoms with Crippen molar-refractivity contribution in [2.24, 2.45) is 0 Å². The number of fused-ring (bicyclic) bond motifs is 1. The molecular formula is C25H34N2O3. The van der Waals surface area contributed by atoms with Crippen LogP contribution in [0, 0.1) is 0 Å². The van der Waals surface area contributed by atoms with E-state index in [9.17, 15) is 5.11 Å². The third-order valence-electron chi connectivity index (χ3n) is 6.19. The van der Waals surface area contributed by atoms with Crippen LogP contribution in [0.3, 0.4) is 0 Å². The van der Waals surface area contributed by atoms with E-state index in [0.717, 1.165) is 61.9 Å². The number of nitrogens with zero attached hydrogens (tertiary/aromatic N) is 2. The van der Waals surface area contributed by atoms with Gasteiger partial charge in [-0.3, -0.25) is 9.80 Å². The molecule has 1 N–H and O–H groups in total. The van der Waals surface area contributed by atoms with E-state index in [1.54, 1.807) is 0 Å². The number of hydrogen-bond donors (Lipinski definition) is 1. The first-order valence-corrected chi connectivity index (χ1v) is 11.1. The van der Waals surface area contributed by atoms with E-state index in [4.69, 9.17) is 9.47 Å². The van der Waals surface area contributed by atoms with Crippen LogP contribution in [0.15, 0.2) is 30.3 Å². The monoisotopic (exact) mass is 410 g/mol. The van der Waals surface area contributed by atoms with E-state index >= 15 is 0 Å². The Morgan fingerprint density at radius 1 is 0.767 bits per heavy atom. The Bertz CT molecular complexity index is 857. The second kappa shape index (κ2) is 8.86. The number of piperazine rings is 1. The average Bonchev–Trinajstić information content (AvgIpc) is 3.18. The van der Waals surface area contributed by atoms with Gasteiger partial charge in [-0.15, -0.1) is 0 Å². The van der Waals surface area contributed by atoms with E-state index in [1.807, 2.05) is 6.07 Å². The fourth-order valence-corrected chi connectivity index (χ4v) is 4.38. The summed E-state index contributed by atoms with van der Waals surface area (Å²) < 4.78 is 10.9. The third-order valence-corrected chi connectivity index (χ3v) is 6.19. The molecule has 0 spiro atoms. The second-order valence-corrected chi connectivity index (χ2v) is 9.17. The molecule has 1 saturated heterocycles. The molecular weight excluding hydrogens is 376 g/mol. The Morgan fingerprint density at radius 3 is 1.87 bits per heavy atom. The summed E-state index contributed by atoms with van der Waals surface area (Å²) in [5, 5.41) is 10.7. The van der Waals surface area contributed by atoms with E-state index in [1.165, 1.54) is 11.1 Å². The molecule has 0 amide bonds. The van der Waals surface area contributed by atoms with Crippen molar-refractivity contribution in [3.05, 3.63) is 52.6 Å². The normalized spacial score (nSPS) is 17.3. The summed E-state index contributed by atoms with van der Waals surface area (Å²) in [6, 6.07) is 10.6. The van der Waals surface area contributed by atoms with Crippen LogP contribution in [-0.2, 0) is 13.1 Å². The molecule has 0 bridgehead atoms. The van der Waals surface area contributed by atoms with Crippen LogP contribution in [0.2, 0.25) is 0 Å². The number of aromatic hydroxyl groups is 1. The molecule has 0 unspecified atom stereocenters. The zero-order valence-electron chi connectivity index (χ0n) is 18.6. The van der Waals surface area contributed by atoms with Crippen LogP contribution in [-0.4, -0.2) is 47.9 Å². The minimum absolute atomic E-state index is 0.320. The van der Waals surface area contributed by atoms with Crippen molar-refractivity contribution in [3.8, 4) is 17.2 Å². The highest BCUT2D eigenvalue weighted by Crippen LogP contribution is 2.35. The van der Waals surface area contributed by atoms with Gasteiger partial charge in [0.15, 0.2) is 11.5 Å². The fraction of sp³-hybridized carbons (Fsp3) is 0.520. The largest absolute Gasteiger partial charge is 0.507 e. The Hall–Kier alpha value is -2.24. The number of phenols is 1. The van der Waals surface area contributed by atoms with Crippen molar-refractivity contribution < 1.29 is 14.6 Å². The second-order valence-electron chi connectivity index (χ2n) is 9.17. The van der Waals surface area contributed by atoms with Crippen molar-refractivity contribution >= 4 is 0 Å². The van der Waals surface area contributed by atoms with Gasteiger partial charge in [0, 0.05) is 39.3 Å². The molecule has 0 saturated carbocycles. The summed E-state index contributed by atoms with van der Waals surface area (Å²) in [7, 11) is 0. The lowest BCUT2D eigenvalue weighted by Gasteiger charge is -2.35. The SMILES string of the molecule is CC(C)c1cc(CN2CCN(Cc3ccc4c(c3)OCO4)CC2)cc(C(C)C)c1O. The first kappa shape index (κ1) is 21.0. The predicted molar refractivity (Wildman–Crippen MR) is 119 cm³/mol. The quantitative estimate of drug-likeness (QED) is 0.749. The summed E-state index contributed by atoms with van der Waals surface area (Å²) in [6.07, 6.45) is 0. The lowest BCUT2D eigenvalue weighted by atomic mass is 9.91. The number of rotatable bonds is 6. The van der Waals surface area contributed by atoms with Crippen LogP contribution in [0.25, 0.3) is 0 Å². The molecule has 0 radical (unpaired) electrons. The standard InChI is InChI=1S/C25H34N2O3/c1-17(2)21-11-20(12-22(18(3)4)25(21)28)15-27-9-7-26(8-10-27)14-19-5-6-23-24(13-19)30-16-29-23/h5-6,11-13,17-18,28H,7-10,14-16H2,1-4H3. The Balaban J connectivity index is 1.37. The van der Waals surface area contributed by atoms with Crippen LogP contribution >= 0.6 is 0 Å². The lowest BCUT2D eigenvalue weighted by Crippen LogP contribution is -2.45. The first-order chi connectivity index (χ1) is 14.4. The highest BCUT2D eigenvalue weighted by atomic mass is 16.7. The number of hydrogen-bond acceptors (Lipinski definition) is 5. The molecule has 162 valence electrons. The summed E-state index contributed by atoms with van der Waals surface area (Å²) >= 11 is 0. The minimum Gasteiger partial charge on any atom is -0.507 e. The Labute approximate surface area is 180 Å². The molecule has 30 heavy (non-hydrogen) atoms. The molecule has 0 atom stereocenters. The van der Waals surface area contributed by atoms with Gasteiger partial charge in [0.05, 0.1) is 0 Å². The molecule has 0 aliphatic carbocycles. The van der Waals surface area contributed by atoms with Gasteiger partial charge < -0.3 is 14.6 Å². The lowest BCUT2D eigenvalue weighted by molar-refractivity contribution is 0.122. The van der Waals surface area contributed by atoms with E-state index in [-0.39, 0.29) is 0 Å². The number of ether oxygens (including phenoxy) is 2. The zero-order chi connectivity index (χ0) is 21.3. The van der Waals surface area contributed by atoms with Gasteiger partial charge in [0.2, 0.25) is 6.79 Å². The van der Waals surface area contributed by atoms with Gasteiger partial charge in [-0.05, 0) is 46.2 Å². The molecule has 2 aromatic carbocycles. The molecule has 2 aliphatic heterocycles. The van der Waals surface area contributed by atoms with E-state index in [0.29, 0.717) is 24.4 Å². The first-order valence-electron chi connectivity index (χ1n) is 11.1. The maximum absolute atomic E-state index is 10.7. The summed E-state index contributed by atoms with van der Waals surface area (Å²) in [4.78, 5) is 5.03. The smallest absolute Gasteiger partial charge is 0.231 e. The van der Waals surface area contributed by atoms with Gasteiger partial charge in [0.25, 0.3) is 0 Å². The van der Waals surface area contributed by atoms with Crippen LogP contribution < -0.4 is 9.47 Å². The fourth-order valence-electron chi connectivity index (χ4n) is 4.38. The van der Waals surface area contributed by atoms with E-state index < -0.39 is 0 Å². The van der Waals surface area contributed by atoms with Crippen molar-refractivity contribution in [3.63, 3.8) is 0 Å². The summed E-state index contributed by atoms with van der Waals surface area (Å²) in [5.41, 5.74) is 4.72. The maximum atomic E-state index is 10.7. The van der Waals surface area contributed by atoms with Crippen molar-refractivity contribution in [1.82, 2.24) is 9.80 Å². The topological polar surface area (TPSA) is 45.2 Å². The molecule has 4 rings (SSSR count). The van der Waals surface area contributed by atoms with Crippen LogP contribution in [0.4, 0.5) is 0 Å². The van der Waals surface area contributed by atoms with Crippen molar-refractivity contribution in [1.29, 1.82) is 0 Å². The predicted octanol–water partition coefficient (Wildman–Crippen LogP) is 4.69. The third kappa shape index (κ3) is 4.57. The average molecular weight is 411 g/mol. The highest BCUT2D eigenvalue weighted by Gasteiger charge is 2.21. The maximum Gasteiger partial charge on any atom is 0.231 e. The van der Waals surface area contributed by atoms with Gasteiger partial charge in [-0.2, -0.15) is 0 Å². The Morgan fingerprint density at radius 2 is 1.30 bits per heavy atom. The molecule has 5 heteroatoms. The highest BCUT2D eigenvalue weighted by molar-refractivity contribution is 5.47. The van der Waals surface area contributed by atoms with Gasteiger partial charge in [-0.25, -0.2) is 0 Å². The molecule has 2 aliphatic rings. The van der Waals surface area contributed by atoms with Gasteiger partial charge in [-0.1, -0.05) is 45.9 Å². The van der Waals surface area contributed by atoms with Crippen LogP contribution in [0.5, 0.6) is 17.2 Å². The number of benzene rings is 2. The van der Waals surface area contributed by atoms with Gasteiger partial charge >= 0.3 is 0 Å². The molecule has 2 heterocycles. The molecule has 0 aromatic heterocycles. The van der Waals surface area contributed by atoms with Gasteiger partial charge in [0.1, 0.15) is 5.75 Å². The molecule has 1 fully saturated rings. The minimum atomic E-state index is 0.320. The zero-order valence-corrected chi connectivity index (χ0v) is 18.6. The molecule has 5 nitrogen and oxygen atoms in total. The summed E-state index contributed by atoms with van der Waals surface area (Å²) in [6.45, 7) is 15.0. The van der Waals surface area contributed by atoms with Crippen LogP contribution in [0.1, 0.15) is 61.8 Å². The Kier molecular flexibility index (Phi) is 6.21. The molecule has 2 aromatic rings.